The lowest BCUT2D eigenvalue weighted by molar-refractivity contribution is -0.119. The van der Waals surface area contributed by atoms with E-state index in [1.54, 1.807) is 139 Å². The van der Waals surface area contributed by atoms with E-state index >= 15 is 0 Å². The van der Waals surface area contributed by atoms with Gasteiger partial charge in [-0.2, -0.15) is 0 Å². The van der Waals surface area contributed by atoms with Crippen LogP contribution in [0.25, 0.3) is 72.4 Å². The van der Waals surface area contributed by atoms with Crippen LogP contribution in [0.1, 0.15) is 146 Å². The number of nitrogens with zero attached hydrogens (tertiary/aromatic N) is 15. The molecule has 6 amide bonds. The summed E-state index contributed by atoms with van der Waals surface area (Å²) in [5, 5.41) is 13.2. The Morgan fingerprint density at radius 1 is 0.360 bits per heavy atom. The van der Waals surface area contributed by atoms with Gasteiger partial charge in [-0.15, -0.1) is 150 Å². The number of likely N-dealkylation sites (N-methyl/N-ethyl adjacent to an activating group) is 2. The Hall–Kier alpha value is -9.43. The third-order valence-electron chi connectivity index (χ3n) is 25.8. The quantitative estimate of drug-likeness (QED) is 0.0661. The molecule has 0 radical (unpaired) electrons. The van der Waals surface area contributed by atoms with Crippen LogP contribution in [0.2, 0.25) is 0 Å². The molecule has 27 nitrogen and oxygen atoms in total. The van der Waals surface area contributed by atoms with Crippen LogP contribution in [-0.4, -0.2) is 206 Å². The van der Waals surface area contributed by atoms with E-state index in [9.17, 15) is 28.8 Å². The fourth-order valence-corrected chi connectivity index (χ4v) is 32.5. The molecular weight excluding hydrogens is 1960 g/mol. The van der Waals surface area contributed by atoms with Crippen molar-refractivity contribution < 1.29 is 28.8 Å². The number of thioether (sulfide) groups is 7. The molecule has 6 aromatic carbocycles. The summed E-state index contributed by atoms with van der Waals surface area (Å²) in [6.07, 6.45) is 17.6. The molecule has 16 heterocycles. The molecule has 0 saturated heterocycles. The van der Waals surface area contributed by atoms with E-state index in [2.05, 4.69) is 214 Å². The molecule has 0 saturated carbocycles. The number of aliphatic imine (C=N–C) groups is 6. The maximum atomic E-state index is 11.3. The number of rotatable bonds is 12. The van der Waals surface area contributed by atoms with E-state index in [0.717, 1.165) is 137 Å². The number of amides is 6. The Bertz CT molecular complexity index is 7180. The molecule has 40 heteroatoms. The van der Waals surface area contributed by atoms with Gasteiger partial charge in [-0.05, 0) is 225 Å². The number of anilines is 3. The average molecular weight is 2060 g/mol. The zero-order chi connectivity index (χ0) is 94.8. The van der Waals surface area contributed by atoms with E-state index in [4.69, 9.17) is 54.3 Å². The summed E-state index contributed by atoms with van der Waals surface area (Å²) in [4.78, 5) is 129. The zero-order valence-electron chi connectivity index (χ0n) is 75.8. The molecule has 10 aliphatic heterocycles. The van der Waals surface area contributed by atoms with Crippen LogP contribution >= 0.6 is 150 Å². The third kappa shape index (κ3) is 19.3. The Kier molecular flexibility index (Phi) is 26.5. The smallest absolute Gasteiger partial charge is 0.243 e. The van der Waals surface area contributed by atoms with Gasteiger partial charge in [0.15, 0.2) is 0 Å². The highest BCUT2D eigenvalue weighted by atomic mass is 32.2. The highest BCUT2D eigenvalue weighted by Crippen LogP contribution is 2.52. The summed E-state index contributed by atoms with van der Waals surface area (Å²) in [5.74, 6) is 2.14. The predicted molar refractivity (Wildman–Crippen MR) is 579 cm³/mol. The van der Waals surface area contributed by atoms with Gasteiger partial charge < -0.3 is 49.1 Å². The Balaban J connectivity index is 0.000000101. The van der Waals surface area contributed by atoms with E-state index in [1.165, 1.54) is 134 Å². The number of hydrogen-bond donors (Lipinski definition) is 6. The second kappa shape index (κ2) is 38.3. The van der Waals surface area contributed by atoms with E-state index < -0.39 is 36.3 Å². The molecule has 12 aromatic rings. The lowest BCUT2D eigenvalue weighted by atomic mass is 9.76. The van der Waals surface area contributed by atoms with Crippen molar-refractivity contribution in [2.75, 3.05) is 83.4 Å². The van der Waals surface area contributed by atoms with Crippen LogP contribution < -0.4 is 49.1 Å². The van der Waals surface area contributed by atoms with E-state index in [0.29, 0.717) is 45.7 Å². The molecule has 13 aliphatic rings. The van der Waals surface area contributed by atoms with Crippen molar-refractivity contribution >= 4 is 306 Å². The molecule has 12 N–H and O–H groups in total. The number of allylic oxidation sites excluding steroid dienone is 3. The van der Waals surface area contributed by atoms with Gasteiger partial charge in [0.25, 0.3) is 0 Å². The van der Waals surface area contributed by atoms with Crippen LogP contribution in [0.5, 0.6) is 0 Å². The normalized spacial score (nSPS) is 22.6. The van der Waals surface area contributed by atoms with Gasteiger partial charge in [0.1, 0.15) is 96.6 Å². The van der Waals surface area contributed by atoms with Gasteiger partial charge in [-0.3, -0.25) is 58.7 Å². The Labute approximate surface area is 838 Å². The van der Waals surface area contributed by atoms with Crippen molar-refractivity contribution in [2.45, 2.75) is 146 Å². The van der Waals surface area contributed by atoms with Crippen LogP contribution in [0, 0.1) is 11.3 Å². The largest absolute Gasteiger partial charge is 0.374 e. The summed E-state index contributed by atoms with van der Waals surface area (Å²) >= 11 is 21.2. The zero-order valence-corrected chi connectivity index (χ0v) is 86.4. The van der Waals surface area contributed by atoms with E-state index in [-0.39, 0.29) is 46.4 Å². The minimum atomic E-state index is -0.433. The molecule has 0 spiro atoms. The van der Waals surface area contributed by atoms with Gasteiger partial charge >= 0.3 is 0 Å². The second-order valence-electron chi connectivity index (χ2n) is 36.6. The number of fused-ring (bicyclic) bond motifs is 14. The molecule has 0 fully saturated rings. The molecule has 8 atom stereocenters. The summed E-state index contributed by atoms with van der Waals surface area (Å²) in [6, 6.07) is 24.3. The van der Waals surface area contributed by atoms with Crippen LogP contribution in [0.15, 0.2) is 126 Å². The highest BCUT2D eigenvalue weighted by molar-refractivity contribution is 8.16. The van der Waals surface area contributed by atoms with Gasteiger partial charge in [0.05, 0.1) is 66.8 Å². The number of benzene rings is 6. The first-order valence-electron chi connectivity index (χ1n) is 44.7. The standard InChI is InChI=1S/C18H20N4OS2.C18H19N3OS2.C17H16N4OS3.C15H15N3OS2.C14H14N4OS2.C14H13N3OS2/c1-9-7-18(2,3)22(4)13-6-14-11(5-10(9)13)20-17(25-14)16-21-12(8-24-16)15(19)23;1-9-6-18(2,3)7-10-4-14-12(5-11(9)10)20-17(24-14)16-21-13(8-23-16)15(19)22;1-21-6-8-2-3-23-14(8)9-4-10-13(5-12(9)21)25-17(19-10)16-20-11(7-24-16)15(18)22;16-13(19)11-7-20-14(18-11)15-17-10-5-8-3-1-2-4-9(8)6-12(10)21-15;1-18-3-2-7-4-8-11(5-10(7)18)21-14(16-8)13-17-9(6-20-13)12(15)19;15-12(18)10-6-19-13(17-10)14-16-9-4-7-2-1-3-8(7)5-11(9)20-14/h5-7,12H,8H2,1-4H3,(H2,19,23);4-6,13H,7-8H2,1-3H3,(H2,19,22);2-5,8,11,14H,6-7H2,1H3,(H2,18,22);5-6,11H,1-4,7H2,(H2,16,19);4-5,9H,2-3,6H2,1H3,(H2,15,19);4-5,10H,1-3,6H2,(H2,15,18)/t12-;13-;8?,11-,14?;11-;9-;10-/m111111/s1. The maximum absolute atomic E-state index is 11.3. The van der Waals surface area contributed by atoms with Gasteiger partial charge in [0, 0.05) is 103 Å². The van der Waals surface area contributed by atoms with Crippen LogP contribution in [0.3, 0.4) is 0 Å². The molecule has 136 heavy (non-hydrogen) atoms. The number of primary amides is 6. The number of aromatic nitrogens is 6. The number of aryl methyl sites for hydroxylation is 4. The molecule has 25 rings (SSSR count). The fourth-order valence-electron chi connectivity index (χ4n) is 18.6. The summed E-state index contributed by atoms with van der Waals surface area (Å²) in [6.45, 7) is 15.4. The van der Waals surface area contributed by atoms with Crippen molar-refractivity contribution in [1.29, 1.82) is 0 Å². The van der Waals surface area contributed by atoms with Gasteiger partial charge in [-0.25, -0.2) is 29.9 Å². The van der Waals surface area contributed by atoms with Crippen LogP contribution in [0.4, 0.5) is 17.1 Å². The molecule has 0 bridgehead atoms. The SMILES string of the molecule is CC1=CC(C)(C)Cc2cc3sc(C4=N[C@@H](C(N)=O)CS4)nc3cc21.CC1=CC(C)(C)N(C)c2cc3sc(C4=N[C@@H](C(N)=O)CS4)nc3cc21.CN1CC2C=CSC2c2cc3nc(C4=N[C@@H](C(N)=O)CS4)sc3cc21.CN1CCc2cc3nc(C4=N[C@@H](C(N)=O)CS4)sc3cc21.NC(=O)[C@H]1CSC(c2nc3cc4c(cc3s2)CCC4)=N1.NC(=O)[C@H]1CSC(c2nc3cc4c(cc3s2)CCCC4)=N1. The number of thiazole rings is 6. The van der Waals surface area contributed by atoms with Gasteiger partial charge in [-0.1, -0.05) is 32.1 Å². The van der Waals surface area contributed by atoms with E-state index in [1.807, 2.05) is 11.8 Å². The number of carbonyl (C=O) groups is 6. The summed E-state index contributed by atoms with van der Waals surface area (Å²) < 4.78 is 7.09. The fraction of sp³-hybridized carbons (Fsp3) is 0.375. The number of nitrogens with two attached hydrogens (primary N) is 6. The first-order valence-corrected chi connectivity index (χ1v) is 56.5. The number of carbonyl (C=O) groups excluding carboxylic acids is 6. The average Bonchev–Trinajstić information content (AvgIpc) is 1.38. The topological polar surface area (TPSA) is 420 Å². The Morgan fingerprint density at radius 2 is 0.691 bits per heavy atom. The van der Waals surface area contributed by atoms with Crippen molar-refractivity contribution in [2.24, 2.45) is 75.7 Å². The minimum absolute atomic E-state index is 0.0155. The highest BCUT2D eigenvalue weighted by Gasteiger charge is 2.39. The molecule has 3 aliphatic carbocycles. The summed E-state index contributed by atoms with van der Waals surface area (Å²) in [5.41, 5.74) is 57.2. The lowest BCUT2D eigenvalue weighted by Gasteiger charge is -2.40. The molecular formula is C96H97N21O6S13. The van der Waals surface area contributed by atoms with Gasteiger partial charge in [0.2, 0.25) is 35.4 Å². The third-order valence-corrected chi connectivity index (χ3v) is 40.3. The molecule has 2 unspecified atom stereocenters. The monoisotopic (exact) mass is 2060 g/mol. The van der Waals surface area contributed by atoms with Crippen molar-refractivity contribution in [3.8, 4) is 0 Å². The molecule has 6 aromatic heterocycles. The first kappa shape index (κ1) is 94.2. The maximum Gasteiger partial charge on any atom is 0.243 e. The Morgan fingerprint density at radius 3 is 1.09 bits per heavy atom. The lowest BCUT2D eigenvalue weighted by Crippen LogP contribution is -2.41. The van der Waals surface area contributed by atoms with Crippen molar-refractivity contribution in [3.63, 3.8) is 0 Å². The second-order valence-corrected chi connectivity index (χ2v) is 49.9. The molecule has 700 valence electrons. The first-order chi connectivity index (χ1) is 65.2. The van der Waals surface area contributed by atoms with Crippen molar-refractivity contribution in [3.05, 3.63) is 177 Å². The predicted octanol–water partition coefficient (Wildman–Crippen LogP) is 16.2. The van der Waals surface area contributed by atoms with Crippen molar-refractivity contribution in [1.82, 2.24) is 29.9 Å². The van der Waals surface area contributed by atoms with Crippen LogP contribution in [-0.2, 0) is 67.3 Å². The number of hydrogen-bond acceptors (Lipinski definition) is 34. The summed E-state index contributed by atoms with van der Waals surface area (Å²) in [7, 11) is 6.41. The minimum Gasteiger partial charge on any atom is -0.374 e.